The summed E-state index contributed by atoms with van der Waals surface area (Å²) in [5, 5.41) is 3.11. The first-order chi connectivity index (χ1) is 7.25. The molecule has 0 radical (unpaired) electrons. The van der Waals surface area contributed by atoms with Gasteiger partial charge in [-0.05, 0) is 24.3 Å². The number of Topliss-reactive ketones (excluding diaryl/α,β-unsaturated/α-hetero) is 1. The number of halogens is 1. The molecule has 1 aromatic carbocycles. The van der Waals surface area contributed by atoms with E-state index in [0.29, 0.717) is 13.1 Å². The minimum absolute atomic E-state index is 0.246. The number of hydrogen-bond donors (Lipinski definition) is 1. The van der Waals surface area contributed by atoms with E-state index in [1.54, 1.807) is 0 Å². The maximum Gasteiger partial charge on any atom is 0.165 e. The SMILES string of the molecule is O=C1CNCCN(c2ccc(Br)cc2)C1. The van der Waals surface area contributed by atoms with Crippen molar-refractivity contribution >= 4 is 27.4 Å². The molecule has 0 spiro atoms. The van der Waals surface area contributed by atoms with Crippen molar-refractivity contribution in [3.63, 3.8) is 0 Å². The Kier molecular flexibility index (Phi) is 3.38. The Labute approximate surface area is 97.6 Å². The third-order valence-corrected chi connectivity index (χ3v) is 2.97. The van der Waals surface area contributed by atoms with E-state index in [1.165, 1.54) is 0 Å². The fourth-order valence-corrected chi connectivity index (χ4v) is 1.93. The van der Waals surface area contributed by atoms with Crippen molar-refractivity contribution in [2.45, 2.75) is 0 Å². The second-order valence-electron chi connectivity index (χ2n) is 3.61. The smallest absolute Gasteiger partial charge is 0.165 e. The average molecular weight is 269 g/mol. The van der Waals surface area contributed by atoms with Crippen LogP contribution in [0.15, 0.2) is 28.7 Å². The molecule has 0 unspecified atom stereocenters. The van der Waals surface area contributed by atoms with Crippen molar-refractivity contribution < 1.29 is 4.79 Å². The van der Waals surface area contributed by atoms with Gasteiger partial charge in [-0.2, -0.15) is 0 Å². The molecule has 0 aromatic heterocycles. The Morgan fingerprint density at radius 1 is 1.27 bits per heavy atom. The molecular formula is C11H13BrN2O. The summed E-state index contributed by atoms with van der Waals surface area (Å²) in [6.07, 6.45) is 0. The van der Waals surface area contributed by atoms with Crippen molar-refractivity contribution in [1.29, 1.82) is 0 Å². The first-order valence-electron chi connectivity index (χ1n) is 4.98. The third kappa shape index (κ3) is 2.79. The van der Waals surface area contributed by atoms with Crippen LogP contribution in [0.3, 0.4) is 0 Å². The predicted octanol–water partition coefficient (Wildman–Crippen LogP) is 1.43. The summed E-state index contributed by atoms with van der Waals surface area (Å²) in [6.45, 7) is 2.75. The fraction of sp³-hybridized carbons (Fsp3) is 0.364. The molecule has 0 saturated carbocycles. The van der Waals surface area contributed by atoms with E-state index in [1.807, 2.05) is 24.3 Å². The number of rotatable bonds is 1. The second-order valence-corrected chi connectivity index (χ2v) is 4.53. The lowest BCUT2D eigenvalue weighted by Gasteiger charge is -2.21. The number of carbonyl (C=O) groups is 1. The topological polar surface area (TPSA) is 32.3 Å². The van der Waals surface area contributed by atoms with Crippen LogP contribution >= 0.6 is 15.9 Å². The van der Waals surface area contributed by atoms with Gasteiger partial charge in [-0.1, -0.05) is 15.9 Å². The Morgan fingerprint density at radius 2 is 2.00 bits per heavy atom. The van der Waals surface area contributed by atoms with Gasteiger partial charge >= 0.3 is 0 Å². The highest BCUT2D eigenvalue weighted by atomic mass is 79.9. The molecule has 2 rings (SSSR count). The van der Waals surface area contributed by atoms with Gasteiger partial charge in [0.2, 0.25) is 0 Å². The summed E-state index contributed by atoms with van der Waals surface area (Å²) in [7, 11) is 0. The van der Waals surface area contributed by atoms with Crippen LogP contribution in [0.2, 0.25) is 0 Å². The van der Waals surface area contributed by atoms with Gasteiger partial charge in [-0.3, -0.25) is 4.79 Å². The number of nitrogens with zero attached hydrogens (tertiary/aromatic N) is 1. The molecule has 1 N–H and O–H groups in total. The van der Waals surface area contributed by atoms with Gasteiger partial charge in [0.1, 0.15) is 0 Å². The van der Waals surface area contributed by atoms with Gasteiger partial charge in [-0.15, -0.1) is 0 Å². The lowest BCUT2D eigenvalue weighted by atomic mass is 10.2. The number of hydrogen-bond acceptors (Lipinski definition) is 3. The van der Waals surface area contributed by atoms with Crippen LogP contribution in [0.25, 0.3) is 0 Å². The van der Waals surface area contributed by atoms with Crippen LogP contribution in [0.1, 0.15) is 0 Å². The minimum Gasteiger partial charge on any atom is -0.363 e. The highest BCUT2D eigenvalue weighted by Crippen LogP contribution is 2.18. The average Bonchev–Trinajstić information content (AvgIpc) is 2.44. The van der Waals surface area contributed by atoms with E-state index in [9.17, 15) is 4.79 Å². The molecular weight excluding hydrogens is 256 g/mol. The second kappa shape index (κ2) is 4.77. The molecule has 15 heavy (non-hydrogen) atoms. The fourth-order valence-electron chi connectivity index (χ4n) is 1.66. The maximum absolute atomic E-state index is 11.4. The highest BCUT2D eigenvalue weighted by Gasteiger charge is 2.14. The number of ketones is 1. The van der Waals surface area contributed by atoms with E-state index in [0.717, 1.165) is 23.2 Å². The Balaban J connectivity index is 2.14. The molecule has 0 amide bonds. The summed E-state index contributed by atoms with van der Waals surface area (Å²) in [5.41, 5.74) is 1.11. The summed E-state index contributed by atoms with van der Waals surface area (Å²) >= 11 is 3.40. The van der Waals surface area contributed by atoms with Crippen molar-refractivity contribution in [3.8, 4) is 0 Å². The zero-order valence-corrected chi connectivity index (χ0v) is 9.96. The first-order valence-corrected chi connectivity index (χ1v) is 5.78. The van der Waals surface area contributed by atoms with Crippen molar-refractivity contribution in [2.24, 2.45) is 0 Å². The molecule has 1 saturated heterocycles. The largest absolute Gasteiger partial charge is 0.363 e. The Hall–Kier alpha value is -0.870. The summed E-state index contributed by atoms with van der Waals surface area (Å²) in [6, 6.07) is 8.06. The first kappa shape index (κ1) is 10.6. The molecule has 1 aliphatic heterocycles. The van der Waals surface area contributed by atoms with Gasteiger partial charge < -0.3 is 10.2 Å². The van der Waals surface area contributed by atoms with Gasteiger partial charge in [0.15, 0.2) is 5.78 Å². The van der Waals surface area contributed by atoms with E-state index in [4.69, 9.17) is 0 Å². The molecule has 4 heteroatoms. The number of anilines is 1. The predicted molar refractivity (Wildman–Crippen MR) is 64.2 cm³/mol. The standard InChI is InChI=1S/C11H13BrN2O/c12-9-1-3-10(4-2-9)14-6-5-13-7-11(15)8-14/h1-4,13H,5-8H2. The van der Waals surface area contributed by atoms with E-state index >= 15 is 0 Å². The molecule has 0 bridgehead atoms. The minimum atomic E-state index is 0.246. The van der Waals surface area contributed by atoms with E-state index < -0.39 is 0 Å². The van der Waals surface area contributed by atoms with Crippen molar-refractivity contribution in [3.05, 3.63) is 28.7 Å². The van der Waals surface area contributed by atoms with Gasteiger partial charge in [0.25, 0.3) is 0 Å². The number of nitrogens with one attached hydrogen (secondary N) is 1. The molecule has 0 aliphatic carbocycles. The number of benzene rings is 1. The van der Waals surface area contributed by atoms with Crippen LogP contribution in [0.4, 0.5) is 5.69 Å². The van der Waals surface area contributed by atoms with Crippen LogP contribution in [-0.2, 0) is 4.79 Å². The van der Waals surface area contributed by atoms with E-state index in [2.05, 4.69) is 26.1 Å². The Bertz CT molecular complexity index is 350. The molecule has 3 nitrogen and oxygen atoms in total. The molecule has 80 valence electrons. The maximum atomic E-state index is 11.4. The molecule has 0 atom stereocenters. The quantitative estimate of drug-likeness (QED) is 0.837. The number of carbonyl (C=O) groups excluding carboxylic acids is 1. The van der Waals surface area contributed by atoms with Crippen LogP contribution in [0.5, 0.6) is 0 Å². The lowest BCUT2D eigenvalue weighted by molar-refractivity contribution is -0.116. The monoisotopic (exact) mass is 268 g/mol. The lowest BCUT2D eigenvalue weighted by Crippen LogP contribution is -2.29. The van der Waals surface area contributed by atoms with Crippen LogP contribution in [-0.4, -0.2) is 32.0 Å². The molecule has 1 heterocycles. The van der Waals surface area contributed by atoms with Crippen molar-refractivity contribution in [2.75, 3.05) is 31.1 Å². The van der Waals surface area contributed by atoms with Crippen molar-refractivity contribution in [1.82, 2.24) is 5.32 Å². The molecule has 1 fully saturated rings. The summed E-state index contributed by atoms with van der Waals surface area (Å²) in [5.74, 6) is 0.246. The zero-order valence-electron chi connectivity index (χ0n) is 8.37. The van der Waals surface area contributed by atoms with Gasteiger partial charge in [0, 0.05) is 23.2 Å². The molecule has 1 aliphatic rings. The van der Waals surface area contributed by atoms with Gasteiger partial charge in [0.05, 0.1) is 13.1 Å². The van der Waals surface area contributed by atoms with E-state index in [-0.39, 0.29) is 5.78 Å². The van der Waals surface area contributed by atoms with Crippen LogP contribution < -0.4 is 10.2 Å². The zero-order chi connectivity index (χ0) is 10.7. The van der Waals surface area contributed by atoms with Crippen LogP contribution in [0, 0.1) is 0 Å². The summed E-state index contributed by atoms with van der Waals surface area (Å²) < 4.78 is 1.06. The molecule has 1 aromatic rings. The summed E-state index contributed by atoms with van der Waals surface area (Å²) in [4.78, 5) is 13.5. The third-order valence-electron chi connectivity index (χ3n) is 2.44. The normalized spacial score (nSPS) is 17.7. The highest BCUT2D eigenvalue weighted by molar-refractivity contribution is 9.10. The Morgan fingerprint density at radius 3 is 2.73 bits per heavy atom. The van der Waals surface area contributed by atoms with Gasteiger partial charge in [-0.25, -0.2) is 0 Å².